The van der Waals surface area contributed by atoms with Crippen molar-refractivity contribution < 1.29 is 13.9 Å². The maximum atomic E-state index is 14.3. The van der Waals surface area contributed by atoms with E-state index in [1.165, 1.54) is 6.07 Å². The Morgan fingerprint density at radius 2 is 2.12 bits per heavy atom. The average molecular weight is 350 g/mol. The van der Waals surface area contributed by atoms with Crippen molar-refractivity contribution in [1.29, 1.82) is 0 Å². The first-order valence-corrected chi connectivity index (χ1v) is 8.21. The first-order chi connectivity index (χ1) is 11.6. The number of nitrogens with one attached hydrogen (secondary N) is 1. The van der Waals surface area contributed by atoms with Crippen LogP contribution in [0.2, 0.25) is 5.15 Å². The average Bonchev–Trinajstić information content (AvgIpc) is 3.03. The van der Waals surface area contributed by atoms with E-state index < -0.39 is 5.82 Å². The van der Waals surface area contributed by atoms with Gasteiger partial charge in [-0.3, -0.25) is 4.79 Å². The number of hydrogen-bond acceptors (Lipinski definition) is 5. The monoisotopic (exact) mass is 349 g/mol. The van der Waals surface area contributed by atoms with E-state index in [-0.39, 0.29) is 18.1 Å². The zero-order chi connectivity index (χ0) is 17.1. The highest BCUT2D eigenvalue weighted by molar-refractivity contribution is 6.30. The number of anilines is 2. The second kappa shape index (κ2) is 7.13. The summed E-state index contributed by atoms with van der Waals surface area (Å²) in [6.07, 6.45) is 2.73. The lowest BCUT2D eigenvalue weighted by atomic mass is 10.1. The highest BCUT2D eigenvalue weighted by Crippen LogP contribution is 2.33. The van der Waals surface area contributed by atoms with Gasteiger partial charge >= 0.3 is 5.97 Å². The Hall–Kier alpha value is -2.21. The lowest BCUT2D eigenvalue weighted by molar-refractivity contribution is -0.142. The van der Waals surface area contributed by atoms with Crippen molar-refractivity contribution in [2.45, 2.75) is 32.6 Å². The number of carbonyl (C=O) groups is 1. The summed E-state index contributed by atoms with van der Waals surface area (Å²) in [5.74, 6) is -0.303. The quantitative estimate of drug-likeness (QED) is 0.835. The van der Waals surface area contributed by atoms with Gasteiger partial charge in [-0.1, -0.05) is 17.7 Å². The Labute approximate surface area is 144 Å². The van der Waals surface area contributed by atoms with Crippen LogP contribution in [0.3, 0.4) is 0 Å². The van der Waals surface area contributed by atoms with Gasteiger partial charge in [0, 0.05) is 5.56 Å². The van der Waals surface area contributed by atoms with Crippen LogP contribution < -0.4 is 5.32 Å². The standard InChI is InChI=1S/C17H17ClFN3O2/c1-2-24-15(23)9-10-6-7-14(13(19)8-10)20-17-12-5-3-4-11(12)16(18)21-22-17/h6-8H,2-5,9H2,1H3,(H,20,22). The maximum absolute atomic E-state index is 14.3. The molecule has 0 spiro atoms. The Morgan fingerprint density at radius 3 is 2.88 bits per heavy atom. The van der Waals surface area contributed by atoms with Gasteiger partial charge in [-0.05, 0) is 49.4 Å². The third kappa shape index (κ3) is 3.48. The molecule has 7 heteroatoms. The molecule has 0 atom stereocenters. The second-order valence-corrected chi connectivity index (χ2v) is 5.93. The van der Waals surface area contributed by atoms with E-state index in [9.17, 15) is 9.18 Å². The number of benzene rings is 1. The molecule has 0 saturated heterocycles. The van der Waals surface area contributed by atoms with Crippen molar-refractivity contribution in [3.63, 3.8) is 0 Å². The topological polar surface area (TPSA) is 64.1 Å². The first-order valence-electron chi connectivity index (χ1n) is 7.83. The van der Waals surface area contributed by atoms with Gasteiger partial charge in [0.25, 0.3) is 0 Å². The lowest BCUT2D eigenvalue weighted by Gasteiger charge is -2.12. The largest absolute Gasteiger partial charge is 0.466 e. The summed E-state index contributed by atoms with van der Waals surface area (Å²) in [5, 5.41) is 11.4. The molecule has 0 radical (unpaired) electrons. The molecule has 2 aromatic rings. The van der Waals surface area contributed by atoms with Crippen LogP contribution >= 0.6 is 11.6 Å². The Bertz CT molecular complexity index is 783. The second-order valence-electron chi connectivity index (χ2n) is 5.57. The zero-order valence-electron chi connectivity index (χ0n) is 13.2. The molecule has 1 aliphatic rings. The molecule has 0 saturated carbocycles. The number of aromatic nitrogens is 2. The van der Waals surface area contributed by atoms with Gasteiger partial charge in [-0.2, -0.15) is 0 Å². The predicted octanol–water partition coefficient (Wildman–Crippen LogP) is 3.61. The minimum atomic E-state index is -0.458. The molecule has 0 aliphatic heterocycles. The summed E-state index contributed by atoms with van der Waals surface area (Å²) in [6, 6.07) is 4.59. The van der Waals surface area contributed by atoms with Crippen LogP contribution in [-0.4, -0.2) is 22.8 Å². The maximum Gasteiger partial charge on any atom is 0.310 e. The van der Waals surface area contributed by atoms with E-state index in [4.69, 9.17) is 16.3 Å². The summed E-state index contributed by atoms with van der Waals surface area (Å²) < 4.78 is 19.2. The van der Waals surface area contributed by atoms with E-state index in [0.29, 0.717) is 23.1 Å². The molecule has 0 unspecified atom stereocenters. The molecule has 1 aliphatic carbocycles. The number of ether oxygens (including phenoxy) is 1. The zero-order valence-corrected chi connectivity index (χ0v) is 14.0. The number of rotatable bonds is 5. The number of esters is 1. The predicted molar refractivity (Wildman–Crippen MR) is 89.1 cm³/mol. The van der Waals surface area contributed by atoms with Crippen LogP contribution in [0.1, 0.15) is 30.0 Å². The van der Waals surface area contributed by atoms with Crippen molar-refractivity contribution in [2.75, 3.05) is 11.9 Å². The van der Waals surface area contributed by atoms with Crippen LogP contribution in [0.25, 0.3) is 0 Å². The van der Waals surface area contributed by atoms with Gasteiger partial charge in [0.15, 0.2) is 11.0 Å². The Morgan fingerprint density at radius 1 is 1.33 bits per heavy atom. The van der Waals surface area contributed by atoms with E-state index in [0.717, 1.165) is 30.4 Å². The summed E-state index contributed by atoms with van der Waals surface area (Å²) >= 11 is 6.05. The van der Waals surface area contributed by atoms with E-state index in [2.05, 4.69) is 15.5 Å². The minimum absolute atomic E-state index is 0.0428. The summed E-state index contributed by atoms with van der Waals surface area (Å²) in [5.41, 5.74) is 2.82. The van der Waals surface area contributed by atoms with Crippen LogP contribution in [-0.2, 0) is 28.8 Å². The number of hydrogen-bond donors (Lipinski definition) is 1. The summed E-state index contributed by atoms with van der Waals surface area (Å²) in [7, 11) is 0. The van der Waals surface area contributed by atoms with Gasteiger partial charge < -0.3 is 10.1 Å². The van der Waals surface area contributed by atoms with Gasteiger partial charge in [0.2, 0.25) is 0 Å². The molecule has 0 amide bonds. The molecule has 126 valence electrons. The number of halogens is 2. The van der Waals surface area contributed by atoms with Crippen LogP contribution in [0, 0.1) is 5.82 Å². The third-order valence-corrected chi connectivity index (χ3v) is 4.23. The SMILES string of the molecule is CCOC(=O)Cc1ccc(Nc2nnc(Cl)c3c2CCC3)c(F)c1. The highest BCUT2D eigenvalue weighted by Gasteiger charge is 2.21. The van der Waals surface area contributed by atoms with Gasteiger partial charge in [-0.25, -0.2) is 4.39 Å². The van der Waals surface area contributed by atoms with E-state index >= 15 is 0 Å². The molecule has 5 nitrogen and oxygen atoms in total. The normalized spacial score (nSPS) is 12.8. The molecule has 24 heavy (non-hydrogen) atoms. The van der Waals surface area contributed by atoms with E-state index in [1.54, 1.807) is 19.1 Å². The fourth-order valence-electron chi connectivity index (χ4n) is 2.82. The number of fused-ring (bicyclic) bond motifs is 1. The van der Waals surface area contributed by atoms with Crippen LogP contribution in [0.15, 0.2) is 18.2 Å². The molecule has 1 aromatic heterocycles. The molecule has 1 N–H and O–H groups in total. The molecule has 1 aromatic carbocycles. The number of nitrogens with zero attached hydrogens (tertiary/aromatic N) is 2. The number of carbonyl (C=O) groups excluding carboxylic acids is 1. The fourth-order valence-corrected chi connectivity index (χ4v) is 3.07. The van der Waals surface area contributed by atoms with Crippen molar-refractivity contribution in [3.05, 3.63) is 45.9 Å². The van der Waals surface area contributed by atoms with Gasteiger partial charge in [-0.15, -0.1) is 10.2 Å². The molecular weight excluding hydrogens is 333 g/mol. The van der Waals surface area contributed by atoms with Crippen molar-refractivity contribution in [2.24, 2.45) is 0 Å². The van der Waals surface area contributed by atoms with E-state index in [1.807, 2.05) is 0 Å². The smallest absolute Gasteiger partial charge is 0.310 e. The van der Waals surface area contributed by atoms with Crippen molar-refractivity contribution >= 4 is 29.1 Å². The Balaban J connectivity index is 1.79. The Kier molecular flexibility index (Phi) is 4.94. The highest BCUT2D eigenvalue weighted by atomic mass is 35.5. The van der Waals surface area contributed by atoms with Gasteiger partial charge in [0.1, 0.15) is 5.82 Å². The van der Waals surface area contributed by atoms with Gasteiger partial charge in [0.05, 0.1) is 18.7 Å². The molecule has 0 fully saturated rings. The first kappa shape index (κ1) is 16.6. The molecule has 1 heterocycles. The van der Waals surface area contributed by atoms with Crippen LogP contribution in [0.4, 0.5) is 15.9 Å². The minimum Gasteiger partial charge on any atom is -0.466 e. The van der Waals surface area contributed by atoms with Crippen LogP contribution in [0.5, 0.6) is 0 Å². The van der Waals surface area contributed by atoms with Crippen molar-refractivity contribution in [3.8, 4) is 0 Å². The van der Waals surface area contributed by atoms with Crippen molar-refractivity contribution in [1.82, 2.24) is 10.2 Å². The summed E-state index contributed by atoms with van der Waals surface area (Å²) in [4.78, 5) is 11.5. The lowest BCUT2D eigenvalue weighted by Crippen LogP contribution is -2.08. The molecule has 0 bridgehead atoms. The summed E-state index contributed by atoms with van der Waals surface area (Å²) in [6.45, 7) is 2.04. The molecular formula is C17H17ClFN3O2. The fraction of sp³-hybridized carbons (Fsp3) is 0.353. The third-order valence-electron chi connectivity index (χ3n) is 3.93. The molecule has 3 rings (SSSR count).